The van der Waals surface area contributed by atoms with Crippen LogP contribution in [0.15, 0.2) is 47.0 Å². The topological polar surface area (TPSA) is 64.9 Å². The highest BCUT2D eigenvalue weighted by molar-refractivity contribution is 5.71. The van der Waals surface area contributed by atoms with Crippen molar-refractivity contribution in [1.29, 1.82) is 0 Å². The van der Waals surface area contributed by atoms with Gasteiger partial charge >= 0.3 is 0 Å². The lowest BCUT2D eigenvalue weighted by Crippen LogP contribution is -1.89. The molecule has 100 valence electrons. The lowest BCUT2D eigenvalue weighted by atomic mass is 10.2. The summed E-state index contributed by atoms with van der Waals surface area (Å²) in [5, 5.41) is 3.71. The smallest absolute Gasteiger partial charge is 0.260 e. The summed E-state index contributed by atoms with van der Waals surface area (Å²) < 4.78 is 31.4. The van der Waals surface area contributed by atoms with Gasteiger partial charge in [0.15, 0.2) is 0 Å². The van der Waals surface area contributed by atoms with Gasteiger partial charge in [0.05, 0.1) is 5.56 Å². The normalized spacial score (nSPS) is 10.7. The third-order valence-corrected chi connectivity index (χ3v) is 2.74. The van der Waals surface area contributed by atoms with Gasteiger partial charge in [-0.05, 0) is 24.3 Å². The van der Waals surface area contributed by atoms with Crippen molar-refractivity contribution in [2.24, 2.45) is 0 Å². The highest BCUT2D eigenvalue weighted by Gasteiger charge is 2.13. The molecular formula is C14H9F2N3O. The molecule has 3 aromatic rings. The molecule has 1 heterocycles. The Bertz CT molecular complexity index is 750. The molecule has 0 saturated heterocycles. The van der Waals surface area contributed by atoms with Crippen molar-refractivity contribution in [3.63, 3.8) is 0 Å². The Kier molecular flexibility index (Phi) is 2.90. The molecule has 2 N–H and O–H groups in total. The first-order chi connectivity index (χ1) is 9.63. The van der Waals surface area contributed by atoms with Crippen LogP contribution in [-0.2, 0) is 0 Å². The number of hydrogen-bond acceptors (Lipinski definition) is 4. The molecule has 0 radical (unpaired) electrons. The van der Waals surface area contributed by atoms with Gasteiger partial charge in [0.25, 0.3) is 5.89 Å². The van der Waals surface area contributed by atoms with Gasteiger partial charge in [-0.15, -0.1) is 0 Å². The van der Waals surface area contributed by atoms with Crippen LogP contribution in [0.1, 0.15) is 0 Å². The van der Waals surface area contributed by atoms with Crippen molar-refractivity contribution in [3.8, 4) is 22.8 Å². The minimum Gasteiger partial charge on any atom is -0.398 e. The Morgan fingerprint density at radius 3 is 2.40 bits per heavy atom. The highest BCUT2D eigenvalue weighted by Crippen LogP contribution is 2.26. The second-order valence-corrected chi connectivity index (χ2v) is 4.17. The number of nitrogens with two attached hydrogens (primary N) is 1. The monoisotopic (exact) mass is 273 g/mol. The molecule has 2 aromatic carbocycles. The molecule has 3 rings (SSSR count). The molecule has 0 saturated carbocycles. The fourth-order valence-electron chi connectivity index (χ4n) is 1.82. The maximum atomic E-state index is 13.2. The van der Waals surface area contributed by atoms with Crippen LogP contribution in [0.25, 0.3) is 22.8 Å². The van der Waals surface area contributed by atoms with E-state index >= 15 is 0 Å². The van der Waals surface area contributed by atoms with Crippen LogP contribution < -0.4 is 5.73 Å². The van der Waals surface area contributed by atoms with E-state index in [1.54, 1.807) is 24.3 Å². The van der Waals surface area contributed by atoms with Crippen LogP contribution in [0, 0.1) is 11.6 Å². The molecule has 0 fully saturated rings. The van der Waals surface area contributed by atoms with Crippen LogP contribution in [0.3, 0.4) is 0 Å². The third kappa shape index (κ3) is 2.23. The zero-order chi connectivity index (χ0) is 14.1. The number of anilines is 1. The van der Waals surface area contributed by atoms with Crippen LogP contribution >= 0.6 is 0 Å². The lowest BCUT2D eigenvalue weighted by Gasteiger charge is -1.98. The van der Waals surface area contributed by atoms with Gasteiger partial charge in [-0.25, -0.2) is 8.78 Å². The van der Waals surface area contributed by atoms with E-state index in [9.17, 15) is 8.78 Å². The van der Waals surface area contributed by atoms with Crippen molar-refractivity contribution < 1.29 is 13.3 Å². The molecule has 6 heteroatoms. The molecule has 20 heavy (non-hydrogen) atoms. The summed E-state index contributed by atoms with van der Waals surface area (Å²) in [6.45, 7) is 0. The van der Waals surface area contributed by atoms with Gasteiger partial charge in [-0.2, -0.15) is 4.98 Å². The zero-order valence-corrected chi connectivity index (χ0v) is 10.2. The van der Waals surface area contributed by atoms with E-state index in [0.29, 0.717) is 11.3 Å². The Morgan fingerprint density at radius 1 is 1.00 bits per heavy atom. The van der Waals surface area contributed by atoms with E-state index in [2.05, 4.69) is 10.1 Å². The average Bonchev–Trinajstić information content (AvgIpc) is 2.87. The number of nitrogen functional groups attached to an aromatic ring is 1. The summed E-state index contributed by atoms with van der Waals surface area (Å²) in [6, 6.07) is 10.0. The number of nitrogens with zero attached hydrogens (tertiary/aromatic N) is 2. The van der Waals surface area contributed by atoms with Crippen molar-refractivity contribution in [1.82, 2.24) is 10.1 Å². The maximum Gasteiger partial charge on any atom is 0.260 e. The van der Waals surface area contributed by atoms with Crippen molar-refractivity contribution in [3.05, 3.63) is 54.1 Å². The molecule has 0 spiro atoms. The quantitative estimate of drug-likeness (QED) is 0.728. The van der Waals surface area contributed by atoms with Crippen LogP contribution in [-0.4, -0.2) is 10.1 Å². The van der Waals surface area contributed by atoms with E-state index in [0.717, 1.165) is 18.2 Å². The van der Waals surface area contributed by atoms with E-state index in [1.165, 1.54) is 0 Å². The molecule has 0 aliphatic heterocycles. The second-order valence-electron chi connectivity index (χ2n) is 4.17. The second kappa shape index (κ2) is 4.73. The molecule has 0 amide bonds. The van der Waals surface area contributed by atoms with Gasteiger partial charge in [-0.3, -0.25) is 0 Å². The predicted molar refractivity (Wildman–Crippen MR) is 69.5 cm³/mol. The molecule has 0 atom stereocenters. The van der Waals surface area contributed by atoms with Crippen molar-refractivity contribution in [2.75, 3.05) is 5.73 Å². The maximum absolute atomic E-state index is 13.2. The number of para-hydroxylation sites is 1. The summed E-state index contributed by atoms with van der Waals surface area (Å²) >= 11 is 0. The number of halogens is 2. The third-order valence-electron chi connectivity index (χ3n) is 2.74. The SMILES string of the molecule is Nc1ccccc1-c1nc(-c2cc(F)cc(F)c2)no1. The van der Waals surface area contributed by atoms with Gasteiger partial charge in [0, 0.05) is 17.3 Å². The number of hydrogen-bond donors (Lipinski definition) is 1. The summed E-state index contributed by atoms with van der Waals surface area (Å²) in [5.74, 6) is -1.11. The highest BCUT2D eigenvalue weighted by atomic mass is 19.1. The van der Waals surface area contributed by atoms with Crippen LogP contribution in [0.5, 0.6) is 0 Å². The fourth-order valence-corrected chi connectivity index (χ4v) is 1.82. The van der Waals surface area contributed by atoms with Crippen molar-refractivity contribution >= 4 is 5.69 Å². The van der Waals surface area contributed by atoms with Gasteiger partial charge < -0.3 is 10.3 Å². The number of aromatic nitrogens is 2. The van der Waals surface area contributed by atoms with Gasteiger partial charge in [0.2, 0.25) is 5.82 Å². The number of rotatable bonds is 2. The lowest BCUT2D eigenvalue weighted by molar-refractivity contribution is 0.432. The number of benzene rings is 2. The first-order valence-corrected chi connectivity index (χ1v) is 5.78. The molecule has 0 aliphatic rings. The predicted octanol–water partition coefficient (Wildman–Crippen LogP) is 3.26. The van der Waals surface area contributed by atoms with Gasteiger partial charge in [0.1, 0.15) is 11.6 Å². The van der Waals surface area contributed by atoms with Crippen molar-refractivity contribution in [2.45, 2.75) is 0 Å². The minimum absolute atomic E-state index is 0.0988. The standard InChI is InChI=1S/C14H9F2N3O/c15-9-5-8(6-10(16)7-9)13-18-14(20-19-13)11-3-1-2-4-12(11)17/h1-7H,17H2. The molecule has 0 unspecified atom stereocenters. The Hall–Kier alpha value is -2.76. The largest absolute Gasteiger partial charge is 0.398 e. The molecule has 0 bridgehead atoms. The summed E-state index contributed by atoms with van der Waals surface area (Å²) in [6.07, 6.45) is 0. The summed E-state index contributed by atoms with van der Waals surface area (Å²) in [5.41, 5.74) is 7.05. The zero-order valence-electron chi connectivity index (χ0n) is 10.2. The average molecular weight is 273 g/mol. The van der Waals surface area contributed by atoms with E-state index in [-0.39, 0.29) is 17.3 Å². The Labute approximate surface area is 112 Å². The molecule has 4 nitrogen and oxygen atoms in total. The molecule has 1 aromatic heterocycles. The van der Waals surface area contributed by atoms with E-state index in [4.69, 9.17) is 10.3 Å². The summed E-state index contributed by atoms with van der Waals surface area (Å²) in [7, 11) is 0. The van der Waals surface area contributed by atoms with Gasteiger partial charge in [-0.1, -0.05) is 17.3 Å². The fraction of sp³-hybridized carbons (Fsp3) is 0. The summed E-state index contributed by atoms with van der Waals surface area (Å²) in [4.78, 5) is 4.10. The first kappa shape index (κ1) is 12.3. The first-order valence-electron chi connectivity index (χ1n) is 5.78. The Morgan fingerprint density at radius 2 is 1.70 bits per heavy atom. The molecular weight excluding hydrogens is 264 g/mol. The minimum atomic E-state index is -0.703. The van der Waals surface area contributed by atoms with Crippen LogP contribution in [0.2, 0.25) is 0 Å². The van der Waals surface area contributed by atoms with Crippen LogP contribution in [0.4, 0.5) is 14.5 Å². The molecule has 0 aliphatic carbocycles. The van der Waals surface area contributed by atoms with E-state index in [1.807, 2.05) is 0 Å². The Balaban J connectivity index is 2.04. The van der Waals surface area contributed by atoms with E-state index < -0.39 is 11.6 Å².